The normalized spacial score (nSPS) is 37.8. The average molecular weight is 366 g/mol. The Kier molecular flexibility index (Phi) is 3.23. The molecule has 4 bridgehead atoms. The van der Waals surface area contributed by atoms with E-state index in [1.807, 2.05) is 18.2 Å². The second-order valence-corrected chi connectivity index (χ2v) is 10.1. The summed E-state index contributed by atoms with van der Waals surface area (Å²) in [6, 6.07) is 10.3. The monoisotopic (exact) mass is 365 g/mol. The van der Waals surface area contributed by atoms with E-state index in [4.69, 9.17) is 10.1 Å². The third-order valence-corrected chi connectivity index (χ3v) is 8.30. The molecule has 5 heteroatoms. The van der Waals surface area contributed by atoms with Gasteiger partial charge in [0.2, 0.25) is 0 Å². The highest BCUT2D eigenvalue weighted by atomic mass is 32.2. The summed E-state index contributed by atoms with van der Waals surface area (Å²) in [6.07, 6.45) is 8.46. The smallest absolute Gasteiger partial charge is 0.250 e. The fraction of sp³-hybridized carbons (Fsp3) is 0.571. The third kappa shape index (κ3) is 2.25. The standard InChI is InChI=1S/C21H23N3OS/c25-18-9-17(16-4-2-1-3-5-16)26-20-22-19(23-24(18)20)21-10-13-6-14(11-21)8-15(7-13)12-21/h1-5,13-15,17H,6-12H2. The Labute approximate surface area is 157 Å². The van der Waals surface area contributed by atoms with Crippen LogP contribution < -0.4 is 0 Å². The molecular weight excluding hydrogens is 342 g/mol. The van der Waals surface area contributed by atoms with Crippen LogP contribution in [-0.4, -0.2) is 20.7 Å². The highest BCUT2D eigenvalue weighted by Crippen LogP contribution is 2.60. The molecule has 0 spiro atoms. The first kappa shape index (κ1) is 15.4. The lowest BCUT2D eigenvalue weighted by Crippen LogP contribution is -2.49. The molecule has 1 aliphatic heterocycles. The van der Waals surface area contributed by atoms with Gasteiger partial charge in [-0.05, 0) is 61.8 Å². The number of carbonyl (C=O) groups is 1. The molecule has 2 aromatic rings. The molecule has 4 nitrogen and oxygen atoms in total. The van der Waals surface area contributed by atoms with Gasteiger partial charge in [-0.15, -0.1) is 5.10 Å². The molecule has 1 aromatic carbocycles. The van der Waals surface area contributed by atoms with Crippen LogP contribution in [0.2, 0.25) is 0 Å². The van der Waals surface area contributed by atoms with Crippen molar-refractivity contribution in [3.63, 3.8) is 0 Å². The molecule has 26 heavy (non-hydrogen) atoms. The van der Waals surface area contributed by atoms with Crippen LogP contribution >= 0.6 is 11.8 Å². The predicted octanol–water partition coefficient (Wildman–Crippen LogP) is 4.62. The van der Waals surface area contributed by atoms with Gasteiger partial charge in [0.05, 0.1) is 0 Å². The van der Waals surface area contributed by atoms with E-state index in [0.717, 1.165) is 28.7 Å². The summed E-state index contributed by atoms with van der Waals surface area (Å²) in [5.74, 6) is 3.66. The van der Waals surface area contributed by atoms with Crippen molar-refractivity contribution in [1.29, 1.82) is 0 Å². The minimum atomic E-state index is 0.0936. The van der Waals surface area contributed by atoms with Gasteiger partial charge in [0, 0.05) is 17.1 Å². The summed E-state index contributed by atoms with van der Waals surface area (Å²) in [7, 11) is 0. The van der Waals surface area contributed by atoms with E-state index in [1.54, 1.807) is 16.4 Å². The number of hydrogen-bond acceptors (Lipinski definition) is 4. The molecule has 1 unspecified atom stereocenters. The number of nitrogens with zero attached hydrogens (tertiary/aromatic N) is 3. The molecule has 134 valence electrons. The Morgan fingerprint density at radius 2 is 1.65 bits per heavy atom. The summed E-state index contributed by atoms with van der Waals surface area (Å²) >= 11 is 1.71. The number of rotatable bonds is 2. The Balaban J connectivity index is 1.35. The second-order valence-electron chi connectivity index (χ2n) is 8.94. The van der Waals surface area contributed by atoms with E-state index < -0.39 is 0 Å². The van der Waals surface area contributed by atoms with Gasteiger partial charge in [-0.1, -0.05) is 42.1 Å². The van der Waals surface area contributed by atoms with Crippen LogP contribution in [-0.2, 0) is 5.41 Å². The SMILES string of the molecule is O=C1CC(c2ccccc2)Sc2nc(C34CC5CC(CC(C5)C3)C4)nn21. The largest absolute Gasteiger partial charge is 0.272 e. The van der Waals surface area contributed by atoms with Crippen molar-refractivity contribution in [2.75, 3.05) is 0 Å². The van der Waals surface area contributed by atoms with Crippen LogP contribution in [0.4, 0.5) is 0 Å². The van der Waals surface area contributed by atoms with Crippen molar-refractivity contribution < 1.29 is 4.79 Å². The zero-order chi connectivity index (χ0) is 17.3. The highest BCUT2D eigenvalue weighted by Gasteiger charge is 2.54. The molecule has 1 atom stereocenters. The lowest BCUT2D eigenvalue weighted by molar-refractivity contribution is -0.00944. The van der Waals surface area contributed by atoms with Gasteiger partial charge in [-0.2, -0.15) is 4.68 Å². The van der Waals surface area contributed by atoms with Crippen molar-refractivity contribution >= 4 is 17.7 Å². The lowest BCUT2D eigenvalue weighted by Gasteiger charge is -2.55. The molecule has 0 amide bonds. The Hall–Kier alpha value is -1.62. The van der Waals surface area contributed by atoms with Crippen molar-refractivity contribution in [2.24, 2.45) is 17.8 Å². The Morgan fingerprint density at radius 3 is 2.31 bits per heavy atom. The molecule has 0 N–H and O–H groups in total. The maximum absolute atomic E-state index is 12.8. The van der Waals surface area contributed by atoms with E-state index >= 15 is 0 Å². The van der Waals surface area contributed by atoms with E-state index in [-0.39, 0.29) is 16.6 Å². The molecule has 2 heterocycles. The fourth-order valence-corrected chi connectivity index (χ4v) is 7.57. The lowest BCUT2D eigenvalue weighted by atomic mass is 9.49. The Bertz CT molecular complexity index is 839. The zero-order valence-corrected chi connectivity index (χ0v) is 15.6. The summed E-state index contributed by atoms with van der Waals surface area (Å²) in [5, 5.41) is 5.75. The molecule has 5 aliphatic rings. The molecular formula is C21H23N3OS. The molecule has 4 fully saturated rings. The van der Waals surface area contributed by atoms with Crippen molar-refractivity contribution in [3.8, 4) is 0 Å². The first-order chi connectivity index (χ1) is 12.7. The van der Waals surface area contributed by atoms with Gasteiger partial charge < -0.3 is 0 Å². The van der Waals surface area contributed by atoms with Gasteiger partial charge in [-0.25, -0.2) is 4.98 Å². The van der Waals surface area contributed by atoms with Crippen LogP contribution in [0, 0.1) is 17.8 Å². The van der Waals surface area contributed by atoms with E-state index in [2.05, 4.69) is 12.1 Å². The topological polar surface area (TPSA) is 47.8 Å². The fourth-order valence-electron chi connectivity index (χ4n) is 6.41. The molecule has 4 aliphatic carbocycles. The first-order valence-corrected chi connectivity index (χ1v) is 10.8. The number of aromatic nitrogens is 3. The van der Waals surface area contributed by atoms with Gasteiger partial charge >= 0.3 is 0 Å². The number of benzene rings is 1. The minimum Gasteiger partial charge on any atom is -0.272 e. The van der Waals surface area contributed by atoms with Gasteiger partial charge in [0.25, 0.3) is 5.91 Å². The van der Waals surface area contributed by atoms with Gasteiger partial charge in [-0.3, -0.25) is 4.79 Å². The zero-order valence-electron chi connectivity index (χ0n) is 14.8. The summed E-state index contributed by atoms with van der Waals surface area (Å²) in [6.45, 7) is 0. The number of thioether (sulfide) groups is 1. The van der Waals surface area contributed by atoms with Crippen LogP contribution in [0.1, 0.15) is 66.4 Å². The molecule has 0 radical (unpaired) electrons. The quantitative estimate of drug-likeness (QED) is 0.779. The minimum absolute atomic E-state index is 0.0936. The van der Waals surface area contributed by atoms with Gasteiger partial charge in [0.15, 0.2) is 11.0 Å². The molecule has 7 rings (SSSR count). The first-order valence-electron chi connectivity index (χ1n) is 9.91. The van der Waals surface area contributed by atoms with Crippen LogP contribution in [0.3, 0.4) is 0 Å². The highest BCUT2D eigenvalue weighted by molar-refractivity contribution is 7.99. The summed E-state index contributed by atoms with van der Waals surface area (Å²) in [4.78, 5) is 17.7. The number of hydrogen-bond donors (Lipinski definition) is 0. The van der Waals surface area contributed by atoms with Crippen LogP contribution in [0.15, 0.2) is 35.5 Å². The van der Waals surface area contributed by atoms with Crippen LogP contribution in [0.25, 0.3) is 0 Å². The van der Waals surface area contributed by atoms with Crippen LogP contribution in [0.5, 0.6) is 0 Å². The molecule has 1 aromatic heterocycles. The van der Waals surface area contributed by atoms with Crippen molar-refractivity contribution in [3.05, 3.63) is 41.7 Å². The van der Waals surface area contributed by atoms with E-state index in [1.165, 1.54) is 44.1 Å². The number of carbonyl (C=O) groups excluding carboxylic acids is 1. The second kappa shape index (κ2) is 5.44. The average Bonchev–Trinajstić information content (AvgIpc) is 3.07. The summed E-state index contributed by atoms with van der Waals surface area (Å²) in [5.41, 5.74) is 1.36. The van der Waals surface area contributed by atoms with Gasteiger partial charge in [0.1, 0.15) is 0 Å². The molecule has 0 saturated heterocycles. The predicted molar refractivity (Wildman–Crippen MR) is 100 cm³/mol. The summed E-state index contributed by atoms with van der Waals surface area (Å²) < 4.78 is 1.61. The van der Waals surface area contributed by atoms with E-state index in [0.29, 0.717) is 6.42 Å². The van der Waals surface area contributed by atoms with Crippen molar-refractivity contribution in [1.82, 2.24) is 14.8 Å². The maximum atomic E-state index is 12.8. The Morgan fingerprint density at radius 1 is 1.00 bits per heavy atom. The molecule has 4 saturated carbocycles. The van der Waals surface area contributed by atoms with Crippen molar-refractivity contribution in [2.45, 2.75) is 60.8 Å². The number of fused-ring (bicyclic) bond motifs is 1. The third-order valence-electron chi connectivity index (χ3n) is 7.11. The van der Waals surface area contributed by atoms with E-state index in [9.17, 15) is 4.79 Å². The maximum Gasteiger partial charge on any atom is 0.250 e.